The molecule has 0 spiro atoms. The second-order valence-corrected chi connectivity index (χ2v) is 15.3. The average Bonchev–Trinajstić information content (AvgIpc) is 3.77. The van der Waals surface area contributed by atoms with E-state index in [9.17, 15) is 9.59 Å². The summed E-state index contributed by atoms with van der Waals surface area (Å²) in [6, 6.07) is 8.32. The summed E-state index contributed by atoms with van der Waals surface area (Å²) < 4.78 is 16.3. The van der Waals surface area contributed by atoms with Gasteiger partial charge in [-0.15, -0.1) is 0 Å². The van der Waals surface area contributed by atoms with Crippen LogP contribution >= 0.6 is 0 Å². The van der Waals surface area contributed by atoms with Crippen LogP contribution < -0.4 is 10.6 Å². The van der Waals surface area contributed by atoms with Crippen molar-refractivity contribution in [3.8, 4) is 0 Å². The Morgan fingerprint density at radius 3 is 1.73 bits per heavy atom. The second-order valence-electron chi connectivity index (χ2n) is 15.3. The van der Waals surface area contributed by atoms with E-state index in [4.69, 9.17) is 14.5 Å². The van der Waals surface area contributed by atoms with E-state index in [0.29, 0.717) is 17.2 Å². The third-order valence-corrected chi connectivity index (χ3v) is 11.1. The van der Waals surface area contributed by atoms with Crippen LogP contribution in [0.2, 0.25) is 0 Å². The van der Waals surface area contributed by atoms with Crippen LogP contribution in [0.25, 0.3) is 11.3 Å². The molecule has 0 bridgehead atoms. The van der Waals surface area contributed by atoms with Crippen molar-refractivity contribution in [1.29, 1.82) is 0 Å². The number of carbonyl (C=O) groups excluding carboxylic acids is 2. The molecule has 2 saturated carbocycles. The van der Waals surface area contributed by atoms with E-state index in [2.05, 4.69) is 35.5 Å². The molecule has 0 saturated heterocycles. The highest BCUT2D eigenvalue weighted by atomic mass is 16.5. The first-order chi connectivity index (χ1) is 25.3. The van der Waals surface area contributed by atoms with E-state index in [0.717, 1.165) is 137 Å². The SMILES string of the molecule is CCCCCO[C@H]1CC[C@@H](NC(=O)c2ccn3c(C)cc(CCCCCCO[C@H]4CC[C@H](NC(=O)c5ccn6c(C)cc(C)nc56)CC4)nc23)CC1. The molecule has 10 heteroatoms. The quantitative estimate of drug-likeness (QED) is 0.107. The van der Waals surface area contributed by atoms with Crippen LogP contribution in [-0.2, 0) is 15.9 Å². The Morgan fingerprint density at radius 2 is 1.17 bits per heavy atom. The van der Waals surface area contributed by atoms with Crippen LogP contribution in [-0.4, -0.2) is 68.1 Å². The van der Waals surface area contributed by atoms with Crippen molar-refractivity contribution in [3.05, 3.63) is 70.6 Å². The Kier molecular flexibility index (Phi) is 13.4. The number of nitrogens with zero attached hydrogens (tertiary/aromatic N) is 4. The molecule has 2 amide bonds. The molecular formula is C42H60N6O4. The lowest BCUT2D eigenvalue weighted by Gasteiger charge is -2.29. The summed E-state index contributed by atoms with van der Waals surface area (Å²) in [5, 5.41) is 6.53. The lowest BCUT2D eigenvalue weighted by Crippen LogP contribution is -2.39. The summed E-state index contributed by atoms with van der Waals surface area (Å²) in [5.41, 5.74) is 6.92. The van der Waals surface area contributed by atoms with Crippen molar-refractivity contribution in [3.63, 3.8) is 0 Å². The molecule has 6 rings (SSSR count). The van der Waals surface area contributed by atoms with Gasteiger partial charge in [0.1, 0.15) is 11.3 Å². The van der Waals surface area contributed by atoms with E-state index in [1.165, 1.54) is 12.8 Å². The summed E-state index contributed by atoms with van der Waals surface area (Å²) in [6.45, 7) is 9.93. The van der Waals surface area contributed by atoms with E-state index < -0.39 is 0 Å². The molecule has 2 N–H and O–H groups in total. The standard InChI is InChI=1S/C42H60N6O4/c1-5-6-10-25-51-35-17-13-33(14-18-35)46-42(50)38-22-24-48-31(4)28-34(44-40(38)48)12-9-7-8-11-26-52-36-19-15-32(16-20-36)45-41(49)37-21-23-47-30(3)27-29(2)43-39(37)47/h21-24,27-28,32-33,35-36H,5-20,25-26H2,1-4H3,(H,45,49)(H,46,50)/t32-,33-,35+,36-. The Bertz CT molecular complexity index is 1780. The molecule has 4 aromatic rings. The van der Waals surface area contributed by atoms with Gasteiger partial charge in [0, 0.05) is 60.5 Å². The maximum Gasteiger partial charge on any atom is 0.255 e. The lowest BCUT2D eigenvalue weighted by atomic mass is 9.92. The van der Waals surface area contributed by atoms with Gasteiger partial charge in [0.05, 0.1) is 23.3 Å². The van der Waals surface area contributed by atoms with Gasteiger partial charge in [-0.25, -0.2) is 9.97 Å². The predicted octanol–water partition coefficient (Wildman–Crippen LogP) is 8.02. The first-order valence-electron chi connectivity index (χ1n) is 20.1. The van der Waals surface area contributed by atoms with Crippen LogP contribution in [0.1, 0.15) is 147 Å². The van der Waals surface area contributed by atoms with Crippen LogP contribution in [0, 0.1) is 20.8 Å². The van der Waals surface area contributed by atoms with Crippen molar-refractivity contribution in [2.45, 2.75) is 155 Å². The topological polar surface area (TPSA) is 111 Å². The minimum Gasteiger partial charge on any atom is -0.378 e. The van der Waals surface area contributed by atoms with E-state index in [-0.39, 0.29) is 30.0 Å². The number of amides is 2. The van der Waals surface area contributed by atoms with Gasteiger partial charge in [-0.05, 0) is 122 Å². The summed E-state index contributed by atoms with van der Waals surface area (Å²) >= 11 is 0. The average molecular weight is 713 g/mol. The van der Waals surface area contributed by atoms with E-state index in [1.807, 2.05) is 53.2 Å². The third kappa shape index (κ3) is 9.81. The van der Waals surface area contributed by atoms with Crippen LogP contribution in [0.4, 0.5) is 0 Å². The smallest absolute Gasteiger partial charge is 0.255 e. The summed E-state index contributed by atoms with van der Waals surface area (Å²) in [4.78, 5) is 36.0. The monoisotopic (exact) mass is 712 g/mol. The number of aromatic nitrogens is 4. The predicted molar refractivity (Wildman–Crippen MR) is 205 cm³/mol. The number of hydrogen-bond acceptors (Lipinski definition) is 6. The van der Waals surface area contributed by atoms with Gasteiger partial charge >= 0.3 is 0 Å². The maximum absolute atomic E-state index is 13.3. The van der Waals surface area contributed by atoms with E-state index in [1.54, 1.807) is 0 Å². The number of nitrogens with one attached hydrogen (secondary N) is 2. The molecule has 4 aromatic heterocycles. The fourth-order valence-electron chi connectivity index (χ4n) is 8.07. The molecular weight excluding hydrogens is 652 g/mol. The molecule has 0 radical (unpaired) electrons. The largest absolute Gasteiger partial charge is 0.378 e. The second kappa shape index (κ2) is 18.3. The Hall–Kier alpha value is -3.76. The zero-order valence-corrected chi connectivity index (χ0v) is 31.9. The Morgan fingerprint density at radius 1 is 0.673 bits per heavy atom. The van der Waals surface area contributed by atoms with Gasteiger partial charge in [-0.1, -0.05) is 32.6 Å². The number of ether oxygens (including phenoxy) is 2. The Balaban J connectivity index is 0.863. The first kappa shape index (κ1) is 38.0. The number of rotatable bonds is 17. The molecule has 0 unspecified atom stereocenters. The molecule has 0 aliphatic heterocycles. The molecule has 2 aliphatic rings. The molecule has 0 aromatic carbocycles. The van der Waals surface area contributed by atoms with Gasteiger partial charge in [-0.2, -0.15) is 0 Å². The molecule has 282 valence electrons. The van der Waals surface area contributed by atoms with Crippen molar-refractivity contribution < 1.29 is 19.1 Å². The minimum atomic E-state index is -0.0405. The fourth-order valence-corrected chi connectivity index (χ4v) is 8.07. The Labute approximate surface area is 309 Å². The highest BCUT2D eigenvalue weighted by molar-refractivity contribution is 6.01. The van der Waals surface area contributed by atoms with Crippen molar-refractivity contribution in [1.82, 2.24) is 29.4 Å². The molecule has 4 heterocycles. The molecule has 2 fully saturated rings. The third-order valence-electron chi connectivity index (χ3n) is 11.1. The minimum absolute atomic E-state index is 0.0226. The van der Waals surface area contributed by atoms with Gasteiger partial charge in [0.15, 0.2) is 0 Å². The zero-order chi connectivity index (χ0) is 36.5. The summed E-state index contributed by atoms with van der Waals surface area (Å²) in [7, 11) is 0. The van der Waals surface area contributed by atoms with Gasteiger partial charge < -0.3 is 28.9 Å². The number of hydrogen-bond donors (Lipinski definition) is 2. The highest BCUT2D eigenvalue weighted by Crippen LogP contribution is 2.25. The number of fused-ring (bicyclic) bond motifs is 2. The highest BCUT2D eigenvalue weighted by Gasteiger charge is 2.26. The van der Waals surface area contributed by atoms with Gasteiger partial charge in [0.25, 0.3) is 11.8 Å². The first-order valence-corrected chi connectivity index (χ1v) is 20.1. The zero-order valence-electron chi connectivity index (χ0n) is 31.9. The van der Waals surface area contributed by atoms with Crippen molar-refractivity contribution >= 4 is 23.1 Å². The van der Waals surface area contributed by atoms with Crippen molar-refractivity contribution in [2.75, 3.05) is 13.2 Å². The number of carbonyl (C=O) groups is 2. The lowest BCUT2D eigenvalue weighted by molar-refractivity contribution is 0.0203. The van der Waals surface area contributed by atoms with Crippen LogP contribution in [0.3, 0.4) is 0 Å². The summed E-state index contributed by atoms with van der Waals surface area (Å²) in [5.74, 6) is -0.0631. The van der Waals surface area contributed by atoms with Crippen LogP contribution in [0.15, 0.2) is 36.7 Å². The number of aryl methyl sites for hydroxylation is 4. The molecule has 52 heavy (non-hydrogen) atoms. The van der Waals surface area contributed by atoms with Gasteiger partial charge in [0.2, 0.25) is 0 Å². The normalized spacial score (nSPS) is 20.8. The number of unbranched alkanes of at least 4 members (excludes halogenated alkanes) is 5. The fraction of sp³-hybridized carbons (Fsp3) is 0.619. The van der Waals surface area contributed by atoms with Gasteiger partial charge in [-0.3, -0.25) is 9.59 Å². The maximum atomic E-state index is 13.3. The summed E-state index contributed by atoms with van der Waals surface area (Å²) in [6.07, 6.45) is 21.1. The van der Waals surface area contributed by atoms with Crippen molar-refractivity contribution in [2.24, 2.45) is 0 Å². The molecule has 0 atom stereocenters. The molecule has 10 nitrogen and oxygen atoms in total. The van der Waals surface area contributed by atoms with Crippen LogP contribution in [0.5, 0.6) is 0 Å². The van der Waals surface area contributed by atoms with E-state index >= 15 is 0 Å². The molecule has 2 aliphatic carbocycles.